The van der Waals surface area contributed by atoms with E-state index in [0.717, 1.165) is 23.4 Å². The Morgan fingerprint density at radius 3 is 2.38 bits per heavy atom. The third-order valence-corrected chi connectivity index (χ3v) is 9.56. The number of aromatic nitrogens is 2. The number of ether oxygens (including phenoxy) is 1. The van der Waals surface area contributed by atoms with Gasteiger partial charge >= 0.3 is 0 Å². The molecule has 1 saturated carbocycles. The first-order chi connectivity index (χ1) is 16.3. The Kier molecular flexibility index (Phi) is 5.81. The number of hydrogen-bond acceptors (Lipinski definition) is 7. The van der Waals surface area contributed by atoms with Crippen LogP contribution >= 0.6 is 0 Å². The minimum atomic E-state index is -3.65. The van der Waals surface area contributed by atoms with Crippen molar-refractivity contribution in [2.24, 2.45) is 0 Å². The molecule has 2 heterocycles. The number of hydrogen-bond donors (Lipinski definition) is 1. The van der Waals surface area contributed by atoms with Crippen molar-refractivity contribution in [3.63, 3.8) is 0 Å². The lowest BCUT2D eigenvalue weighted by Crippen LogP contribution is -2.46. The van der Waals surface area contributed by atoms with Gasteiger partial charge in [-0.25, -0.2) is 18.4 Å². The van der Waals surface area contributed by atoms with E-state index in [9.17, 15) is 8.42 Å². The molecule has 5 rings (SSSR count). The molecule has 3 aromatic rings. The van der Waals surface area contributed by atoms with E-state index < -0.39 is 14.6 Å². The second-order valence-electron chi connectivity index (χ2n) is 9.34. The third kappa shape index (κ3) is 3.84. The molecular weight excluding hydrogens is 448 g/mol. The van der Waals surface area contributed by atoms with Gasteiger partial charge in [-0.15, -0.1) is 0 Å². The van der Waals surface area contributed by atoms with Gasteiger partial charge in [-0.1, -0.05) is 17.7 Å². The van der Waals surface area contributed by atoms with Crippen molar-refractivity contribution in [2.45, 2.75) is 48.8 Å². The van der Waals surface area contributed by atoms with Gasteiger partial charge in [0.05, 0.1) is 29.8 Å². The van der Waals surface area contributed by atoms with Gasteiger partial charge in [-0.2, -0.15) is 0 Å². The molecule has 0 unspecified atom stereocenters. The first-order valence-corrected chi connectivity index (χ1v) is 13.2. The molecular formula is C26H30N4O3S. The van der Waals surface area contributed by atoms with Crippen LogP contribution in [0.25, 0.3) is 11.4 Å². The Hall–Kier alpha value is -2.97. The minimum absolute atomic E-state index is 0.127. The standard InChI is InChI=1S/C26H30N4O3S/c1-18-4-10-22(11-5-18)34(31,32)26(12-3-13-26)23-16-24(30-14-15-33-17-19(30)2)29-25(28-23)20-6-8-21(27)9-7-20/h4-11,16,19H,3,12-15,17,27H2,1-2H3/t19-/m0/s1. The highest BCUT2D eigenvalue weighted by atomic mass is 32.2. The monoisotopic (exact) mass is 478 g/mol. The van der Waals surface area contributed by atoms with E-state index in [2.05, 4.69) is 11.8 Å². The van der Waals surface area contributed by atoms with E-state index in [0.29, 0.717) is 54.7 Å². The molecule has 7 nitrogen and oxygen atoms in total. The van der Waals surface area contributed by atoms with Crippen LogP contribution < -0.4 is 10.6 Å². The molecule has 1 aliphatic carbocycles. The molecule has 1 aliphatic heterocycles. The summed E-state index contributed by atoms with van der Waals surface area (Å²) in [5.41, 5.74) is 8.94. The third-order valence-electron chi connectivity index (χ3n) is 7.02. The molecule has 34 heavy (non-hydrogen) atoms. The predicted octanol–water partition coefficient (Wildman–Crippen LogP) is 4.11. The number of anilines is 2. The zero-order valence-corrected chi connectivity index (χ0v) is 20.4. The van der Waals surface area contributed by atoms with E-state index in [1.165, 1.54) is 0 Å². The summed E-state index contributed by atoms with van der Waals surface area (Å²) in [6.45, 7) is 5.94. The molecule has 2 N–H and O–H groups in total. The lowest BCUT2D eigenvalue weighted by atomic mass is 9.81. The fourth-order valence-corrected chi connectivity index (χ4v) is 6.90. The zero-order valence-electron chi connectivity index (χ0n) is 19.6. The molecule has 1 atom stereocenters. The summed E-state index contributed by atoms with van der Waals surface area (Å²) >= 11 is 0. The van der Waals surface area contributed by atoms with Crippen LogP contribution in [0.2, 0.25) is 0 Å². The number of rotatable bonds is 5. The lowest BCUT2D eigenvalue weighted by Gasteiger charge is -2.41. The van der Waals surface area contributed by atoms with Crippen molar-refractivity contribution in [3.8, 4) is 11.4 Å². The average molecular weight is 479 g/mol. The first-order valence-electron chi connectivity index (χ1n) is 11.7. The molecule has 2 aromatic carbocycles. The highest BCUT2D eigenvalue weighted by Crippen LogP contribution is 2.51. The van der Waals surface area contributed by atoms with Crippen molar-refractivity contribution >= 4 is 21.3 Å². The number of sulfone groups is 1. The fourth-order valence-electron chi connectivity index (χ4n) is 4.75. The SMILES string of the molecule is Cc1ccc(S(=O)(=O)C2(c3cc(N4CCOC[C@@H]4C)nc(-c4ccc(N)cc4)n3)CCC2)cc1. The molecule has 8 heteroatoms. The highest BCUT2D eigenvalue weighted by Gasteiger charge is 2.52. The molecule has 2 fully saturated rings. The Balaban J connectivity index is 1.67. The van der Waals surface area contributed by atoms with Gasteiger partial charge in [0.1, 0.15) is 10.6 Å². The van der Waals surface area contributed by atoms with Crippen molar-refractivity contribution in [1.82, 2.24) is 9.97 Å². The normalized spacial score (nSPS) is 20.1. The van der Waals surface area contributed by atoms with Gasteiger partial charge in [0, 0.05) is 23.9 Å². The molecule has 178 valence electrons. The molecule has 0 spiro atoms. The van der Waals surface area contributed by atoms with E-state index in [1.807, 2.05) is 49.4 Å². The van der Waals surface area contributed by atoms with Gasteiger partial charge in [-0.3, -0.25) is 0 Å². The van der Waals surface area contributed by atoms with Gasteiger partial charge in [-0.05, 0) is 69.5 Å². The second-order valence-corrected chi connectivity index (χ2v) is 11.6. The molecule has 0 amide bonds. The summed E-state index contributed by atoms with van der Waals surface area (Å²) in [5, 5.41) is 0. The average Bonchev–Trinajstić information content (AvgIpc) is 2.79. The van der Waals surface area contributed by atoms with Gasteiger partial charge in [0.25, 0.3) is 0 Å². The van der Waals surface area contributed by atoms with E-state index in [4.69, 9.17) is 20.4 Å². The maximum absolute atomic E-state index is 14.0. The van der Waals surface area contributed by atoms with Crippen LogP contribution in [0.3, 0.4) is 0 Å². The van der Waals surface area contributed by atoms with Crippen LogP contribution in [0.15, 0.2) is 59.5 Å². The number of aryl methyl sites for hydroxylation is 1. The fraction of sp³-hybridized carbons (Fsp3) is 0.385. The summed E-state index contributed by atoms with van der Waals surface area (Å²) in [4.78, 5) is 12.3. The molecule has 1 saturated heterocycles. The van der Waals surface area contributed by atoms with Crippen molar-refractivity contribution < 1.29 is 13.2 Å². The summed E-state index contributed by atoms with van der Waals surface area (Å²) < 4.78 is 32.5. The van der Waals surface area contributed by atoms with Crippen LogP contribution in [0.1, 0.15) is 37.4 Å². The largest absolute Gasteiger partial charge is 0.399 e. The molecule has 0 bridgehead atoms. The quantitative estimate of drug-likeness (QED) is 0.551. The number of benzene rings is 2. The second kappa shape index (κ2) is 8.67. The van der Waals surface area contributed by atoms with Crippen molar-refractivity contribution in [3.05, 3.63) is 65.9 Å². The molecule has 0 radical (unpaired) electrons. The Labute approximate surface area is 200 Å². The molecule has 2 aliphatic rings. The van der Waals surface area contributed by atoms with Crippen molar-refractivity contribution in [2.75, 3.05) is 30.4 Å². The van der Waals surface area contributed by atoms with E-state index in [-0.39, 0.29) is 6.04 Å². The number of nitrogen functional groups attached to an aromatic ring is 1. The minimum Gasteiger partial charge on any atom is -0.399 e. The Morgan fingerprint density at radius 2 is 1.76 bits per heavy atom. The smallest absolute Gasteiger partial charge is 0.189 e. The van der Waals surface area contributed by atoms with Crippen LogP contribution in [-0.2, 0) is 19.3 Å². The van der Waals surface area contributed by atoms with Gasteiger partial charge in [0.2, 0.25) is 0 Å². The van der Waals surface area contributed by atoms with Crippen LogP contribution in [-0.4, -0.2) is 44.2 Å². The maximum atomic E-state index is 14.0. The van der Waals surface area contributed by atoms with Crippen LogP contribution in [0, 0.1) is 6.92 Å². The van der Waals surface area contributed by atoms with Gasteiger partial charge in [0.15, 0.2) is 15.7 Å². The highest BCUT2D eigenvalue weighted by molar-refractivity contribution is 7.92. The Morgan fingerprint density at radius 1 is 1.06 bits per heavy atom. The number of nitrogens with zero attached hydrogens (tertiary/aromatic N) is 3. The number of morpholine rings is 1. The first kappa shape index (κ1) is 22.8. The summed E-state index contributed by atoms with van der Waals surface area (Å²) in [6.07, 6.45) is 1.93. The predicted molar refractivity (Wildman–Crippen MR) is 133 cm³/mol. The summed E-state index contributed by atoms with van der Waals surface area (Å²) in [6, 6.07) is 16.5. The van der Waals surface area contributed by atoms with Crippen LogP contribution in [0.4, 0.5) is 11.5 Å². The van der Waals surface area contributed by atoms with Gasteiger partial charge < -0.3 is 15.4 Å². The summed E-state index contributed by atoms with van der Waals surface area (Å²) in [5.74, 6) is 1.24. The Bertz CT molecular complexity index is 1290. The summed E-state index contributed by atoms with van der Waals surface area (Å²) in [7, 11) is -3.65. The lowest BCUT2D eigenvalue weighted by molar-refractivity contribution is 0.0985. The topological polar surface area (TPSA) is 98.4 Å². The van der Waals surface area contributed by atoms with E-state index >= 15 is 0 Å². The maximum Gasteiger partial charge on any atom is 0.189 e. The van der Waals surface area contributed by atoms with Crippen molar-refractivity contribution in [1.29, 1.82) is 0 Å². The zero-order chi connectivity index (χ0) is 23.9. The van der Waals surface area contributed by atoms with E-state index in [1.54, 1.807) is 12.1 Å². The van der Waals surface area contributed by atoms with Crippen LogP contribution in [0.5, 0.6) is 0 Å². The number of nitrogens with two attached hydrogens (primary N) is 1. The molecule has 1 aromatic heterocycles.